The van der Waals surface area contributed by atoms with Gasteiger partial charge in [-0.3, -0.25) is 0 Å². The Balaban J connectivity index is 2.50. The topological polar surface area (TPSA) is 54.0 Å². The second-order valence-corrected chi connectivity index (χ2v) is 16.5. The van der Waals surface area contributed by atoms with Crippen LogP contribution in [0.5, 0.6) is 0 Å². The van der Waals surface area contributed by atoms with Crippen molar-refractivity contribution in [2.45, 2.75) is 45.2 Å². The fourth-order valence-corrected chi connectivity index (χ4v) is 18.7. The fourth-order valence-electron chi connectivity index (χ4n) is 2.42. The maximum absolute atomic E-state index is 11.0. The third-order valence-electron chi connectivity index (χ3n) is 2.60. The molecule has 0 amide bonds. The van der Waals surface area contributed by atoms with Crippen molar-refractivity contribution in [2.24, 2.45) is 0 Å². The number of rotatable bonds is 5. The van der Waals surface area contributed by atoms with Gasteiger partial charge in [-0.1, -0.05) is 6.58 Å². The molecule has 1 heterocycles. The summed E-state index contributed by atoms with van der Waals surface area (Å²) in [6, 6.07) is 0.813. The zero-order valence-electron chi connectivity index (χ0n) is 12.4. The van der Waals surface area contributed by atoms with Crippen LogP contribution in [-0.2, 0) is 21.9 Å². The van der Waals surface area contributed by atoms with E-state index in [4.69, 9.17) is 17.1 Å². The van der Waals surface area contributed by atoms with Crippen LogP contribution < -0.4 is 0 Å². The number of hydrogen-bond acceptors (Lipinski definition) is 5. The van der Waals surface area contributed by atoms with Gasteiger partial charge in [-0.15, -0.1) is 0 Å². The predicted octanol–water partition coefficient (Wildman–Crippen LogP) is 2.64. The predicted molar refractivity (Wildman–Crippen MR) is 80.4 cm³/mol. The smallest absolute Gasteiger partial charge is 0.330 e. The molecule has 1 saturated heterocycles. The third kappa shape index (κ3) is 5.71. The number of ether oxygens (including phenoxy) is 1. The van der Waals surface area contributed by atoms with E-state index < -0.39 is 25.7 Å². The van der Waals surface area contributed by atoms with Crippen molar-refractivity contribution in [3.05, 3.63) is 12.7 Å². The summed E-state index contributed by atoms with van der Waals surface area (Å²) in [5, 5.41) is 0. The second kappa shape index (κ2) is 6.02. The molecule has 1 rings (SSSR count). The molecule has 0 bridgehead atoms. The third-order valence-corrected chi connectivity index (χ3v) is 15.2. The highest BCUT2D eigenvalue weighted by Gasteiger charge is 2.52. The van der Waals surface area contributed by atoms with Crippen LogP contribution in [0, 0.1) is 0 Å². The van der Waals surface area contributed by atoms with Crippen molar-refractivity contribution >= 4 is 31.7 Å². The first-order chi connectivity index (χ1) is 8.58. The summed E-state index contributed by atoms with van der Waals surface area (Å²) in [5.74, 6) is -0.384. The van der Waals surface area contributed by atoms with Crippen molar-refractivity contribution in [3.8, 4) is 0 Å². The maximum Gasteiger partial charge on any atom is 0.330 e. The van der Waals surface area contributed by atoms with E-state index in [0.29, 0.717) is 6.61 Å². The average molecular weight is 321 g/mol. The van der Waals surface area contributed by atoms with Crippen molar-refractivity contribution in [2.75, 3.05) is 6.61 Å². The first-order valence-corrected chi connectivity index (χ1v) is 14.6. The van der Waals surface area contributed by atoms with Crippen LogP contribution in [0.4, 0.5) is 0 Å². The van der Waals surface area contributed by atoms with Crippen LogP contribution in [0.2, 0.25) is 38.8 Å². The molecule has 110 valence electrons. The Bertz CT molecular complexity index is 340. The molecule has 8 heteroatoms. The first-order valence-electron chi connectivity index (χ1n) is 6.47. The lowest BCUT2D eigenvalue weighted by Crippen LogP contribution is -2.65. The van der Waals surface area contributed by atoms with Gasteiger partial charge in [0.15, 0.2) is 0 Å². The fraction of sp³-hybridized carbons (Fsp3) is 0.727. The molecule has 1 aliphatic heterocycles. The number of esters is 1. The summed E-state index contributed by atoms with van der Waals surface area (Å²) in [7, 11) is -6.36. The number of hydrogen-bond donors (Lipinski definition) is 0. The normalized spacial score (nSPS) is 23.6. The van der Waals surface area contributed by atoms with E-state index in [1.54, 1.807) is 0 Å². The zero-order valence-corrected chi connectivity index (χ0v) is 15.4. The van der Waals surface area contributed by atoms with Crippen LogP contribution in [0.25, 0.3) is 0 Å². The maximum atomic E-state index is 11.0. The van der Waals surface area contributed by atoms with E-state index >= 15 is 0 Å². The summed E-state index contributed by atoms with van der Waals surface area (Å²) in [4.78, 5) is 11.0. The minimum absolute atomic E-state index is 0.380. The van der Waals surface area contributed by atoms with Crippen LogP contribution >= 0.6 is 0 Å². The molecule has 0 unspecified atom stereocenters. The highest BCUT2D eigenvalue weighted by atomic mass is 28.5. The lowest BCUT2D eigenvalue weighted by Gasteiger charge is -2.47. The molecule has 0 aromatic rings. The van der Waals surface area contributed by atoms with Crippen molar-refractivity contribution in [3.63, 3.8) is 0 Å². The molecule has 0 N–H and O–H groups in total. The molecule has 5 nitrogen and oxygen atoms in total. The van der Waals surface area contributed by atoms with Crippen molar-refractivity contribution < 1.29 is 21.9 Å². The van der Waals surface area contributed by atoms with Gasteiger partial charge >= 0.3 is 31.7 Å². The van der Waals surface area contributed by atoms with E-state index in [-0.39, 0.29) is 5.97 Å². The summed E-state index contributed by atoms with van der Waals surface area (Å²) in [6.07, 6.45) is 1.92. The monoisotopic (exact) mass is 320 g/mol. The second-order valence-electron chi connectivity index (χ2n) is 5.71. The Labute approximate surface area is 118 Å². The minimum Gasteiger partial charge on any atom is -0.463 e. The molecule has 0 spiro atoms. The molecule has 0 aromatic carbocycles. The molecule has 0 aliphatic carbocycles. The highest BCUT2D eigenvalue weighted by Crippen LogP contribution is 2.33. The van der Waals surface area contributed by atoms with Crippen LogP contribution in [0.1, 0.15) is 6.42 Å². The summed E-state index contributed by atoms with van der Waals surface area (Å²) in [6.45, 7) is 14.1. The van der Waals surface area contributed by atoms with Gasteiger partial charge in [0.05, 0.1) is 6.61 Å². The average Bonchev–Trinajstić information content (AvgIpc) is 2.18. The Morgan fingerprint density at radius 2 is 1.63 bits per heavy atom. The highest BCUT2D eigenvalue weighted by molar-refractivity contribution is 6.92. The minimum atomic E-state index is -2.21. The van der Waals surface area contributed by atoms with Crippen LogP contribution in [0.15, 0.2) is 12.7 Å². The molecular formula is C11H24O5Si3. The molecule has 0 atom stereocenters. The lowest BCUT2D eigenvalue weighted by atomic mass is 10.5. The lowest BCUT2D eigenvalue weighted by molar-refractivity contribution is -0.137. The zero-order chi connectivity index (χ0) is 14.7. The van der Waals surface area contributed by atoms with Gasteiger partial charge in [0, 0.05) is 6.08 Å². The molecule has 0 aromatic heterocycles. The largest absolute Gasteiger partial charge is 0.463 e. The van der Waals surface area contributed by atoms with Gasteiger partial charge in [0.25, 0.3) is 0 Å². The number of carbonyl (C=O) groups is 1. The number of carbonyl (C=O) groups excluding carboxylic acids is 1. The van der Waals surface area contributed by atoms with Gasteiger partial charge in [-0.05, 0) is 45.2 Å². The summed E-state index contributed by atoms with van der Waals surface area (Å²) < 4.78 is 23.2. The van der Waals surface area contributed by atoms with Crippen molar-refractivity contribution in [1.82, 2.24) is 0 Å². The van der Waals surface area contributed by atoms with Crippen LogP contribution in [-0.4, -0.2) is 38.3 Å². The molecule has 0 saturated carbocycles. The SMILES string of the molecule is C=CC(=O)OCCC[Si]1(C)O[Si](C)(C)O[Si](C)(C)O1. The molecule has 1 fully saturated rings. The van der Waals surface area contributed by atoms with E-state index in [1.165, 1.54) is 6.08 Å². The quantitative estimate of drug-likeness (QED) is 0.337. The van der Waals surface area contributed by atoms with E-state index in [2.05, 4.69) is 39.3 Å². The Morgan fingerprint density at radius 3 is 2.11 bits per heavy atom. The molecular weight excluding hydrogens is 296 g/mol. The Kier molecular flexibility index (Phi) is 5.32. The van der Waals surface area contributed by atoms with E-state index in [9.17, 15) is 4.79 Å². The standard InChI is InChI=1S/C11H24O5Si3/c1-7-11(12)13-9-8-10-19(6)15-17(2,3)14-18(4,5)16-19/h7H,1,8-10H2,2-6H3. The van der Waals surface area contributed by atoms with Gasteiger partial charge in [0.1, 0.15) is 0 Å². The van der Waals surface area contributed by atoms with Gasteiger partial charge in [0.2, 0.25) is 0 Å². The van der Waals surface area contributed by atoms with Gasteiger partial charge in [-0.2, -0.15) is 0 Å². The van der Waals surface area contributed by atoms with Gasteiger partial charge < -0.3 is 17.1 Å². The molecule has 1 aliphatic rings. The Hall–Kier alpha value is -0.259. The molecule has 0 radical (unpaired) electrons. The van der Waals surface area contributed by atoms with E-state index in [0.717, 1.165) is 12.5 Å². The first kappa shape index (κ1) is 16.8. The van der Waals surface area contributed by atoms with Crippen LogP contribution in [0.3, 0.4) is 0 Å². The van der Waals surface area contributed by atoms with E-state index in [1.807, 2.05) is 0 Å². The Morgan fingerprint density at radius 1 is 1.11 bits per heavy atom. The molecule has 19 heavy (non-hydrogen) atoms. The van der Waals surface area contributed by atoms with Gasteiger partial charge in [-0.25, -0.2) is 4.79 Å². The van der Waals surface area contributed by atoms with Crippen molar-refractivity contribution in [1.29, 1.82) is 0 Å². The summed E-state index contributed by atoms with van der Waals surface area (Å²) >= 11 is 0. The summed E-state index contributed by atoms with van der Waals surface area (Å²) in [5.41, 5.74) is 0.